The lowest BCUT2D eigenvalue weighted by atomic mass is 10.1. The fourth-order valence-electron chi connectivity index (χ4n) is 2.62. The summed E-state index contributed by atoms with van der Waals surface area (Å²) in [6.07, 6.45) is 0. The van der Waals surface area contributed by atoms with E-state index in [4.69, 9.17) is 27.7 Å². The maximum atomic E-state index is 12.5. The molecule has 0 radical (unpaired) electrons. The molecule has 0 unspecified atom stereocenters. The Kier molecular flexibility index (Phi) is 4.90. The molecule has 1 fully saturated rings. The predicted octanol–water partition coefficient (Wildman–Crippen LogP) is 3.43. The third-order valence-corrected chi connectivity index (χ3v) is 4.58. The highest BCUT2D eigenvalue weighted by atomic mass is 35.5. The predicted molar refractivity (Wildman–Crippen MR) is 90.0 cm³/mol. The summed E-state index contributed by atoms with van der Waals surface area (Å²) in [5.74, 6) is 0.350. The molecule has 1 amide bonds. The van der Waals surface area contributed by atoms with Crippen molar-refractivity contribution in [3.63, 3.8) is 0 Å². The van der Waals surface area contributed by atoms with E-state index in [1.807, 2.05) is 0 Å². The lowest BCUT2D eigenvalue weighted by Crippen LogP contribution is -2.48. The molecule has 1 aliphatic rings. The Balaban J connectivity index is 1.75. The maximum Gasteiger partial charge on any atom is 0.276 e. The number of aromatic nitrogens is 1. The zero-order valence-electron chi connectivity index (χ0n) is 12.8. The molecule has 0 aliphatic carbocycles. The molecule has 0 bridgehead atoms. The Morgan fingerprint density at radius 2 is 1.96 bits per heavy atom. The van der Waals surface area contributed by atoms with Gasteiger partial charge in [0.1, 0.15) is 0 Å². The third kappa shape index (κ3) is 3.52. The van der Waals surface area contributed by atoms with Crippen LogP contribution in [0, 0.1) is 0 Å². The standard InChI is InChI=1S/C16H17Cl2N3O2/c1-2-20-5-7-21(8-6-20)16(22)14-10-15(23-19-14)12-4-3-11(17)9-13(12)18/h3-4,9-10H,2,5-8H2,1H3. The van der Waals surface area contributed by atoms with Crippen molar-refractivity contribution in [2.45, 2.75) is 6.92 Å². The van der Waals surface area contributed by atoms with Crippen molar-refractivity contribution in [1.29, 1.82) is 0 Å². The van der Waals surface area contributed by atoms with Gasteiger partial charge in [-0.3, -0.25) is 4.79 Å². The number of carbonyl (C=O) groups excluding carboxylic acids is 1. The van der Waals surface area contributed by atoms with Gasteiger partial charge in [0.25, 0.3) is 5.91 Å². The topological polar surface area (TPSA) is 49.6 Å². The molecule has 2 heterocycles. The fraction of sp³-hybridized carbons (Fsp3) is 0.375. The summed E-state index contributed by atoms with van der Waals surface area (Å²) in [6.45, 7) is 6.31. The summed E-state index contributed by atoms with van der Waals surface area (Å²) in [5, 5.41) is 4.91. The van der Waals surface area contributed by atoms with E-state index in [0.29, 0.717) is 40.2 Å². The fourth-order valence-corrected chi connectivity index (χ4v) is 3.12. The molecule has 0 N–H and O–H groups in total. The minimum absolute atomic E-state index is 0.110. The van der Waals surface area contributed by atoms with Crippen LogP contribution >= 0.6 is 23.2 Å². The number of amides is 1. The normalized spacial score (nSPS) is 15.9. The summed E-state index contributed by atoms with van der Waals surface area (Å²) in [4.78, 5) is 16.6. The molecule has 1 aromatic heterocycles. The van der Waals surface area contributed by atoms with E-state index >= 15 is 0 Å². The average Bonchev–Trinajstić information content (AvgIpc) is 3.04. The molecule has 1 aromatic carbocycles. The summed E-state index contributed by atoms with van der Waals surface area (Å²) in [5.41, 5.74) is 0.967. The molecule has 3 rings (SSSR count). The van der Waals surface area contributed by atoms with Gasteiger partial charge in [-0.2, -0.15) is 0 Å². The largest absolute Gasteiger partial charge is 0.355 e. The van der Waals surface area contributed by atoms with E-state index in [2.05, 4.69) is 17.0 Å². The first kappa shape index (κ1) is 16.3. The summed E-state index contributed by atoms with van der Waals surface area (Å²) >= 11 is 12.1. The average molecular weight is 354 g/mol. The minimum atomic E-state index is -0.110. The van der Waals surface area contributed by atoms with Crippen molar-refractivity contribution in [3.8, 4) is 11.3 Å². The highest BCUT2D eigenvalue weighted by Gasteiger charge is 2.24. The second kappa shape index (κ2) is 6.91. The number of carbonyl (C=O) groups is 1. The number of benzene rings is 1. The van der Waals surface area contributed by atoms with Gasteiger partial charge >= 0.3 is 0 Å². The number of likely N-dealkylation sites (N-methyl/N-ethyl adjacent to an activating group) is 1. The summed E-state index contributed by atoms with van der Waals surface area (Å²) in [7, 11) is 0. The van der Waals surface area contributed by atoms with Crippen molar-refractivity contribution in [2.24, 2.45) is 0 Å². The van der Waals surface area contributed by atoms with Gasteiger partial charge < -0.3 is 14.3 Å². The number of halogens is 2. The molecule has 7 heteroatoms. The molecule has 5 nitrogen and oxygen atoms in total. The Morgan fingerprint density at radius 1 is 1.22 bits per heavy atom. The van der Waals surface area contributed by atoms with Gasteiger partial charge in [0, 0.05) is 42.8 Å². The second-order valence-electron chi connectivity index (χ2n) is 5.43. The van der Waals surface area contributed by atoms with Crippen LogP contribution in [0.25, 0.3) is 11.3 Å². The zero-order chi connectivity index (χ0) is 16.4. The van der Waals surface area contributed by atoms with Gasteiger partial charge in [-0.1, -0.05) is 35.3 Å². The van der Waals surface area contributed by atoms with E-state index in [1.54, 1.807) is 29.2 Å². The number of nitrogens with zero attached hydrogens (tertiary/aromatic N) is 3. The highest BCUT2D eigenvalue weighted by molar-refractivity contribution is 6.36. The Labute approximate surface area is 144 Å². The van der Waals surface area contributed by atoms with Crippen LogP contribution in [0.1, 0.15) is 17.4 Å². The Morgan fingerprint density at radius 3 is 2.61 bits per heavy atom. The third-order valence-electron chi connectivity index (χ3n) is 4.03. The van der Waals surface area contributed by atoms with Crippen LogP contribution in [0.5, 0.6) is 0 Å². The molecule has 0 saturated carbocycles. The summed E-state index contributed by atoms with van der Waals surface area (Å²) in [6, 6.07) is 6.73. The molecular weight excluding hydrogens is 337 g/mol. The SMILES string of the molecule is CCN1CCN(C(=O)c2cc(-c3ccc(Cl)cc3Cl)on2)CC1. The van der Waals surface area contributed by atoms with Crippen molar-refractivity contribution in [2.75, 3.05) is 32.7 Å². The van der Waals surface area contributed by atoms with E-state index in [0.717, 1.165) is 19.6 Å². The van der Waals surface area contributed by atoms with Gasteiger partial charge in [-0.05, 0) is 24.7 Å². The van der Waals surface area contributed by atoms with E-state index in [9.17, 15) is 4.79 Å². The van der Waals surface area contributed by atoms with Gasteiger partial charge in [-0.15, -0.1) is 0 Å². The first-order valence-corrected chi connectivity index (χ1v) is 8.28. The van der Waals surface area contributed by atoms with Crippen LogP contribution in [-0.2, 0) is 0 Å². The van der Waals surface area contributed by atoms with Crippen molar-refractivity contribution in [3.05, 3.63) is 40.0 Å². The molecule has 2 aromatic rings. The number of hydrogen-bond acceptors (Lipinski definition) is 4. The van der Waals surface area contributed by atoms with Crippen LogP contribution in [0.2, 0.25) is 10.0 Å². The smallest absolute Gasteiger partial charge is 0.276 e. The Bertz CT molecular complexity index is 709. The molecule has 1 saturated heterocycles. The van der Waals surface area contributed by atoms with Crippen LogP contribution in [0.15, 0.2) is 28.8 Å². The van der Waals surface area contributed by atoms with Crippen molar-refractivity contribution < 1.29 is 9.32 Å². The molecule has 0 spiro atoms. The van der Waals surface area contributed by atoms with E-state index < -0.39 is 0 Å². The minimum Gasteiger partial charge on any atom is -0.355 e. The van der Waals surface area contributed by atoms with Crippen LogP contribution in [0.4, 0.5) is 0 Å². The second-order valence-corrected chi connectivity index (χ2v) is 6.27. The number of rotatable bonds is 3. The molecule has 1 aliphatic heterocycles. The number of hydrogen-bond donors (Lipinski definition) is 0. The quantitative estimate of drug-likeness (QED) is 0.848. The zero-order valence-corrected chi connectivity index (χ0v) is 14.3. The molecule has 0 atom stereocenters. The van der Waals surface area contributed by atoms with Crippen molar-refractivity contribution in [1.82, 2.24) is 15.0 Å². The molecule has 122 valence electrons. The Hall–Kier alpha value is -1.56. The van der Waals surface area contributed by atoms with Gasteiger partial charge in [0.05, 0.1) is 5.02 Å². The summed E-state index contributed by atoms with van der Waals surface area (Å²) < 4.78 is 5.29. The van der Waals surface area contributed by atoms with E-state index in [-0.39, 0.29) is 5.91 Å². The van der Waals surface area contributed by atoms with Crippen molar-refractivity contribution >= 4 is 29.1 Å². The lowest BCUT2D eigenvalue weighted by molar-refractivity contribution is 0.0633. The molecular formula is C16H17Cl2N3O2. The first-order chi connectivity index (χ1) is 11.1. The lowest BCUT2D eigenvalue weighted by Gasteiger charge is -2.33. The van der Waals surface area contributed by atoms with Gasteiger partial charge in [0.2, 0.25) is 0 Å². The number of piperazine rings is 1. The van der Waals surface area contributed by atoms with Crippen LogP contribution in [0.3, 0.4) is 0 Å². The van der Waals surface area contributed by atoms with Crippen LogP contribution in [-0.4, -0.2) is 53.6 Å². The van der Waals surface area contributed by atoms with Gasteiger partial charge in [0.15, 0.2) is 11.5 Å². The van der Waals surface area contributed by atoms with E-state index in [1.165, 1.54) is 0 Å². The highest BCUT2D eigenvalue weighted by Crippen LogP contribution is 2.30. The maximum absolute atomic E-state index is 12.5. The first-order valence-electron chi connectivity index (χ1n) is 7.52. The molecule has 23 heavy (non-hydrogen) atoms. The van der Waals surface area contributed by atoms with Gasteiger partial charge in [-0.25, -0.2) is 0 Å². The van der Waals surface area contributed by atoms with Crippen LogP contribution < -0.4 is 0 Å². The monoisotopic (exact) mass is 353 g/mol.